The Kier molecular flexibility index (Phi) is 19.4. The van der Waals surface area contributed by atoms with Crippen molar-refractivity contribution in [1.82, 2.24) is 0 Å². The van der Waals surface area contributed by atoms with Gasteiger partial charge in [0.1, 0.15) is 0 Å². The molecule has 2 N–H and O–H groups in total. The normalized spacial score (nSPS) is 11.1. The summed E-state index contributed by atoms with van der Waals surface area (Å²) in [6.45, 7) is 4.52. The van der Waals surface area contributed by atoms with Crippen molar-refractivity contribution in [2.45, 2.75) is 117 Å². The van der Waals surface area contributed by atoms with Crippen LogP contribution in [0.3, 0.4) is 0 Å². The van der Waals surface area contributed by atoms with E-state index < -0.39 is 10.4 Å². The van der Waals surface area contributed by atoms with Gasteiger partial charge in [-0.25, -0.2) is 0 Å². The van der Waals surface area contributed by atoms with Crippen LogP contribution in [0.15, 0.2) is 48.5 Å². The summed E-state index contributed by atoms with van der Waals surface area (Å²) in [5.74, 6) is 1.49. The highest BCUT2D eigenvalue weighted by molar-refractivity contribution is 7.79. The topological polar surface area (TPSA) is 102 Å². The van der Waals surface area contributed by atoms with Gasteiger partial charge in [0.15, 0.2) is 11.5 Å². The van der Waals surface area contributed by atoms with E-state index in [0.717, 1.165) is 24.3 Å². The third-order valence-electron chi connectivity index (χ3n) is 6.29. The molecular formula is C30H48O7S. The van der Waals surface area contributed by atoms with Crippen LogP contribution in [0.2, 0.25) is 0 Å². The molecule has 0 saturated heterocycles. The SMILES string of the molecule is CCCCCCCCCc1ccccc1OOOc1ccccc1CCCCCCCCC.O=S(=O)(O)O. The van der Waals surface area contributed by atoms with Gasteiger partial charge in [-0.1, -0.05) is 127 Å². The van der Waals surface area contributed by atoms with Crippen molar-refractivity contribution in [3.05, 3.63) is 59.7 Å². The van der Waals surface area contributed by atoms with Gasteiger partial charge >= 0.3 is 10.4 Å². The second-order valence-corrected chi connectivity index (χ2v) is 10.5. The molecule has 216 valence electrons. The van der Waals surface area contributed by atoms with Gasteiger partial charge in [-0.05, 0) is 48.9 Å². The molecule has 0 radical (unpaired) electrons. The van der Waals surface area contributed by atoms with Crippen molar-refractivity contribution in [1.29, 1.82) is 0 Å². The quantitative estimate of drug-likeness (QED) is 0.0731. The fourth-order valence-corrected chi connectivity index (χ4v) is 4.22. The molecule has 0 aliphatic rings. The van der Waals surface area contributed by atoms with Gasteiger partial charge in [0, 0.05) is 5.04 Å². The van der Waals surface area contributed by atoms with Crippen LogP contribution in [-0.4, -0.2) is 17.5 Å². The standard InChI is InChI=1S/C30H46O3.H2O4S/c1-3-5-7-9-11-13-15-21-27-23-17-19-25-29(27)31-33-32-30-26-20-18-24-28(30)22-16-14-12-10-8-6-4-2;1-5(2,3)4/h17-20,23-26H,3-16,21-22H2,1-2H3;(H2,1,2,3,4). The van der Waals surface area contributed by atoms with Gasteiger partial charge in [0.25, 0.3) is 0 Å². The number of aryl methyl sites for hydroxylation is 2. The number of benzene rings is 2. The van der Waals surface area contributed by atoms with E-state index in [1.165, 1.54) is 101 Å². The molecule has 2 rings (SSSR count). The Balaban J connectivity index is 0.00000132. The molecule has 0 spiro atoms. The minimum atomic E-state index is -4.67. The van der Waals surface area contributed by atoms with Gasteiger partial charge < -0.3 is 0 Å². The van der Waals surface area contributed by atoms with Crippen molar-refractivity contribution in [2.75, 3.05) is 0 Å². The van der Waals surface area contributed by atoms with Gasteiger partial charge in [0.05, 0.1) is 0 Å². The first-order chi connectivity index (χ1) is 18.3. The lowest BCUT2D eigenvalue weighted by Crippen LogP contribution is -2.05. The van der Waals surface area contributed by atoms with E-state index in [4.69, 9.17) is 32.3 Å². The predicted molar refractivity (Wildman–Crippen MR) is 153 cm³/mol. The molecule has 2 aromatic rings. The van der Waals surface area contributed by atoms with Crippen LogP contribution in [0, 0.1) is 0 Å². The summed E-state index contributed by atoms with van der Waals surface area (Å²) in [7, 11) is -4.67. The smallest absolute Gasteiger partial charge is 0.299 e. The molecule has 38 heavy (non-hydrogen) atoms. The monoisotopic (exact) mass is 552 g/mol. The maximum Gasteiger partial charge on any atom is 0.394 e. The molecule has 8 heteroatoms. The highest BCUT2D eigenvalue weighted by atomic mass is 32.3. The molecule has 0 aliphatic carbocycles. The minimum absolute atomic E-state index is 0.744. The Morgan fingerprint density at radius 2 is 0.868 bits per heavy atom. The molecule has 7 nitrogen and oxygen atoms in total. The van der Waals surface area contributed by atoms with Crippen molar-refractivity contribution in [2.24, 2.45) is 0 Å². The Hall–Kier alpha value is -2.13. The molecule has 0 aromatic heterocycles. The van der Waals surface area contributed by atoms with Crippen molar-refractivity contribution in [3.63, 3.8) is 0 Å². The highest BCUT2D eigenvalue weighted by Gasteiger charge is 2.08. The molecular weight excluding hydrogens is 504 g/mol. The van der Waals surface area contributed by atoms with Gasteiger partial charge in [-0.3, -0.25) is 18.9 Å². The second kappa shape index (κ2) is 21.8. The van der Waals surface area contributed by atoms with E-state index in [1.54, 1.807) is 0 Å². The molecule has 0 unspecified atom stereocenters. The molecule has 0 atom stereocenters. The van der Waals surface area contributed by atoms with Crippen LogP contribution < -0.4 is 9.78 Å². The van der Waals surface area contributed by atoms with Gasteiger partial charge in [0.2, 0.25) is 0 Å². The first kappa shape index (κ1) is 33.9. The summed E-state index contributed by atoms with van der Waals surface area (Å²) in [4.78, 5) is 11.1. The Morgan fingerprint density at radius 3 is 1.24 bits per heavy atom. The summed E-state index contributed by atoms with van der Waals surface area (Å²) in [6.07, 6.45) is 20.3. The lowest BCUT2D eigenvalue weighted by atomic mass is 10.0. The van der Waals surface area contributed by atoms with E-state index >= 15 is 0 Å². The summed E-state index contributed by atoms with van der Waals surface area (Å²) in [5.41, 5.74) is 2.34. The Labute approximate surface area is 230 Å². The minimum Gasteiger partial charge on any atom is -0.299 e. The summed E-state index contributed by atoms with van der Waals surface area (Å²) in [6, 6.07) is 16.2. The van der Waals surface area contributed by atoms with Crippen molar-refractivity contribution < 1.29 is 32.3 Å². The Morgan fingerprint density at radius 1 is 0.553 bits per heavy atom. The van der Waals surface area contributed by atoms with Crippen LogP contribution in [0.1, 0.15) is 115 Å². The molecule has 0 saturated carbocycles. The molecule has 0 heterocycles. The molecule has 0 amide bonds. The van der Waals surface area contributed by atoms with Gasteiger partial charge in [-0.15, -0.1) is 0 Å². The second-order valence-electron chi connectivity index (χ2n) is 9.64. The Bertz CT molecular complexity index is 878. The lowest BCUT2D eigenvalue weighted by Gasteiger charge is -2.11. The fraction of sp³-hybridized carbons (Fsp3) is 0.600. The number of hydrogen-bond acceptors (Lipinski definition) is 5. The maximum atomic E-state index is 8.74. The predicted octanol–water partition coefficient (Wildman–Crippen LogP) is 8.92. The number of para-hydroxylation sites is 2. The zero-order valence-corrected chi connectivity index (χ0v) is 24.1. The van der Waals surface area contributed by atoms with Crippen molar-refractivity contribution in [3.8, 4) is 11.5 Å². The highest BCUT2D eigenvalue weighted by Crippen LogP contribution is 2.24. The number of rotatable bonds is 20. The largest absolute Gasteiger partial charge is 0.394 e. The molecule has 2 aromatic carbocycles. The zero-order chi connectivity index (χ0) is 27.9. The van der Waals surface area contributed by atoms with E-state index in [2.05, 4.69) is 38.1 Å². The fourth-order valence-electron chi connectivity index (χ4n) is 4.22. The number of unbranched alkanes of at least 4 members (excludes halogenated alkanes) is 12. The van der Waals surface area contributed by atoms with Crippen LogP contribution in [0.4, 0.5) is 0 Å². The number of hydrogen-bond donors (Lipinski definition) is 2. The first-order valence-electron chi connectivity index (χ1n) is 14.2. The average molecular weight is 553 g/mol. The average Bonchev–Trinajstić information content (AvgIpc) is 2.88. The lowest BCUT2D eigenvalue weighted by molar-refractivity contribution is -0.411. The third kappa shape index (κ3) is 19.0. The third-order valence-corrected chi connectivity index (χ3v) is 6.29. The van der Waals surface area contributed by atoms with Crippen LogP contribution in [0.5, 0.6) is 11.5 Å². The molecule has 0 aliphatic heterocycles. The molecule has 0 bridgehead atoms. The summed E-state index contributed by atoms with van der Waals surface area (Å²) >= 11 is 0. The zero-order valence-electron chi connectivity index (χ0n) is 23.3. The van der Waals surface area contributed by atoms with Crippen molar-refractivity contribution >= 4 is 10.4 Å². The van der Waals surface area contributed by atoms with E-state index in [1.807, 2.05) is 24.3 Å². The van der Waals surface area contributed by atoms with E-state index in [9.17, 15) is 0 Å². The maximum absolute atomic E-state index is 8.74. The summed E-state index contributed by atoms with van der Waals surface area (Å²) < 4.78 is 31.6. The summed E-state index contributed by atoms with van der Waals surface area (Å²) in [5, 5.41) is 5.23. The molecule has 0 fully saturated rings. The van der Waals surface area contributed by atoms with E-state index in [-0.39, 0.29) is 0 Å². The van der Waals surface area contributed by atoms with Crippen LogP contribution >= 0.6 is 0 Å². The van der Waals surface area contributed by atoms with E-state index in [0.29, 0.717) is 0 Å². The van der Waals surface area contributed by atoms with Gasteiger partial charge in [-0.2, -0.15) is 8.42 Å². The first-order valence-corrected chi connectivity index (χ1v) is 15.6. The van der Waals surface area contributed by atoms with Crippen LogP contribution in [0.25, 0.3) is 0 Å². The van der Waals surface area contributed by atoms with Crippen LogP contribution in [-0.2, 0) is 28.3 Å².